The van der Waals surface area contributed by atoms with Crippen LogP contribution >= 0.6 is 0 Å². The van der Waals surface area contributed by atoms with Crippen molar-refractivity contribution in [3.8, 4) is 5.75 Å². The smallest absolute Gasteiger partial charge is 0.342 e. The average molecular weight is 657 g/mol. The van der Waals surface area contributed by atoms with Gasteiger partial charge in [-0.3, -0.25) is 9.59 Å². The van der Waals surface area contributed by atoms with E-state index in [0.717, 1.165) is 0 Å². The van der Waals surface area contributed by atoms with Crippen LogP contribution in [0.15, 0.2) is 53.9 Å². The fraction of sp³-hybridized carbons (Fsp3) is 0.485. The summed E-state index contributed by atoms with van der Waals surface area (Å²) in [4.78, 5) is 55.9. The molecule has 0 saturated carbocycles. The number of nitrogens with two attached hydrogens (primary N) is 1. The Labute approximate surface area is 273 Å². The molecule has 0 aliphatic carbocycles. The van der Waals surface area contributed by atoms with E-state index in [1.807, 2.05) is 6.92 Å². The molecule has 1 aromatic rings. The number of cyclic esters (lactones) is 1. The summed E-state index contributed by atoms with van der Waals surface area (Å²) < 4.78 is 17.5. The van der Waals surface area contributed by atoms with Gasteiger partial charge in [0, 0.05) is 31.5 Å². The Morgan fingerprint density at radius 2 is 2.04 bits per heavy atom. The Hall–Kier alpha value is -4.53. The lowest BCUT2D eigenvalue weighted by Crippen LogP contribution is -2.44. The number of unbranched alkanes of at least 4 members (excludes halogenated alkanes) is 1. The van der Waals surface area contributed by atoms with Gasteiger partial charge in [0.05, 0.1) is 6.21 Å². The highest BCUT2D eigenvalue weighted by Gasteiger charge is 2.51. The van der Waals surface area contributed by atoms with E-state index in [0.29, 0.717) is 37.8 Å². The quantitative estimate of drug-likeness (QED) is 0.0460. The number of phenols is 1. The van der Waals surface area contributed by atoms with Crippen molar-refractivity contribution in [2.75, 3.05) is 13.7 Å². The number of amides is 2. The molecule has 6 atom stereocenters. The molecule has 1 aromatic carbocycles. The molecule has 0 bridgehead atoms. The van der Waals surface area contributed by atoms with E-state index in [-0.39, 0.29) is 36.5 Å². The molecule has 256 valence electrons. The Morgan fingerprint density at radius 1 is 1.23 bits per heavy atom. The first-order chi connectivity index (χ1) is 22.7. The van der Waals surface area contributed by atoms with Gasteiger partial charge in [0.2, 0.25) is 11.8 Å². The largest absolute Gasteiger partial charge is 0.507 e. The molecule has 6 N–H and O–H groups in total. The van der Waals surface area contributed by atoms with Crippen molar-refractivity contribution in [3.63, 3.8) is 0 Å². The first-order valence-electron chi connectivity index (χ1n) is 15.6. The third-order valence-corrected chi connectivity index (χ3v) is 7.34. The van der Waals surface area contributed by atoms with Gasteiger partial charge in [-0.15, -0.1) is 0 Å². The van der Waals surface area contributed by atoms with Crippen LogP contribution in [0, 0.1) is 0 Å². The molecule has 1 saturated heterocycles. The van der Waals surface area contributed by atoms with Gasteiger partial charge < -0.3 is 45.6 Å². The molecule has 0 spiro atoms. The van der Waals surface area contributed by atoms with Gasteiger partial charge in [-0.2, -0.15) is 0 Å². The van der Waals surface area contributed by atoms with E-state index in [9.17, 15) is 29.4 Å². The van der Waals surface area contributed by atoms with Crippen LogP contribution in [0.3, 0.4) is 0 Å². The molecule has 14 nitrogen and oxygen atoms in total. The summed E-state index contributed by atoms with van der Waals surface area (Å²) in [5, 5.41) is 30.2. The average Bonchev–Trinajstić information content (AvgIpc) is 3.84. The minimum absolute atomic E-state index is 0.0535. The second-order valence-electron chi connectivity index (χ2n) is 11.0. The predicted molar refractivity (Wildman–Crippen MR) is 172 cm³/mol. The maximum Gasteiger partial charge on any atom is 0.342 e. The summed E-state index contributed by atoms with van der Waals surface area (Å²) in [7, 11) is 1.37. The molecular formula is C33H44N4O10. The Bertz CT molecular complexity index is 1340. The molecule has 2 heterocycles. The molecule has 2 aliphatic rings. The summed E-state index contributed by atoms with van der Waals surface area (Å²) in [5.74, 6) is -2.60. The minimum atomic E-state index is -1.12. The lowest BCUT2D eigenvalue weighted by molar-refractivity contribution is -0.155. The van der Waals surface area contributed by atoms with Crippen LogP contribution in [0.25, 0.3) is 6.08 Å². The zero-order chi connectivity index (χ0) is 34.2. The van der Waals surface area contributed by atoms with Gasteiger partial charge in [-0.1, -0.05) is 42.4 Å². The molecule has 2 amide bonds. The van der Waals surface area contributed by atoms with Crippen LogP contribution in [0.4, 0.5) is 0 Å². The molecule has 0 radical (unpaired) electrons. The van der Waals surface area contributed by atoms with Crippen LogP contribution in [0.5, 0.6) is 5.75 Å². The zero-order valence-corrected chi connectivity index (χ0v) is 26.6. The molecule has 6 unspecified atom stereocenters. The Balaban J connectivity index is 1.87. The fourth-order valence-electron chi connectivity index (χ4n) is 4.95. The number of benzene rings is 1. The van der Waals surface area contributed by atoms with Crippen molar-refractivity contribution in [1.29, 1.82) is 0 Å². The first-order valence-corrected chi connectivity index (χ1v) is 15.6. The van der Waals surface area contributed by atoms with Gasteiger partial charge in [0.1, 0.15) is 55.0 Å². The van der Waals surface area contributed by atoms with Crippen molar-refractivity contribution in [1.82, 2.24) is 10.6 Å². The normalized spacial score (nSPS) is 23.2. The summed E-state index contributed by atoms with van der Waals surface area (Å²) >= 11 is 0. The lowest BCUT2D eigenvalue weighted by atomic mass is 9.99. The van der Waals surface area contributed by atoms with Crippen molar-refractivity contribution in [3.05, 3.63) is 59.8 Å². The topological polar surface area (TPSA) is 211 Å². The number of nitrogens with zero attached hydrogens (tertiary/aromatic N) is 1. The van der Waals surface area contributed by atoms with E-state index in [1.165, 1.54) is 49.9 Å². The number of aliphatic hydroxyl groups excluding tert-OH is 1. The summed E-state index contributed by atoms with van der Waals surface area (Å²) in [6, 6.07) is 3.55. The highest BCUT2D eigenvalue weighted by Crippen LogP contribution is 2.35. The Morgan fingerprint density at radius 3 is 2.79 bits per heavy atom. The third kappa shape index (κ3) is 12.0. The monoisotopic (exact) mass is 656 g/mol. The highest BCUT2D eigenvalue weighted by atomic mass is 16.6. The number of phenolic OH excluding ortho intramolecular Hbond substituents is 1. The maximum atomic E-state index is 13.5. The molecule has 0 aromatic heterocycles. The lowest BCUT2D eigenvalue weighted by Gasteiger charge is -2.26. The number of ether oxygens (including phenoxy) is 3. The van der Waals surface area contributed by atoms with E-state index in [4.69, 9.17) is 19.9 Å². The van der Waals surface area contributed by atoms with Crippen LogP contribution in [0.1, 0.15) is 67.8 Å². The van der Waals surface area contributed by atoms with Crippen molar-refractivity contribution >= 4 is 36.0 Å². The van der Waals surface area contributed by atoms with E-state index < -0.39 is 54.4 Å². The number of epoxide rings is 1. The summed E-state index contributed by atoms with van der Waals surface area (Å²) in [6.45, 7) is 2.28. The number of fused-ring (bicyclic) bond motifs is 2. The highest BCUT2D eigenvalue weighted by molar-refractivity contribution is 5.96. The number of aliphatic hydroxyl groups is 1. The number of allylic oxidation sites excluding steroid dienone is 1. The van der Waals surface area contributed by atoms with E-state index >= 15 is 0 Å². The van der Waals surface area contributed by atoms with Gasteiger partial charge >= 0.3 is 11.9 Å². The van der Waals surface area contributed by atoms with Crippen LogP contribution in [0.2, 0.25) is 0 Å². The first kappa shape index (κ1) is 36.9. The molecule has 47 heavy (non-hydrogen) atoms. The van der Waals surface area contributed by atoms with Crippen LogP contribution < -0.4 is 16.4 Å². The van der Waals surface area contributed by atoms with E-state index in [1.54, 1.807) is 18.2 Å². The molecule has 3 rings (SSSR count). The number of esters is 2. The zero-order valence-electron chi connectivity index (χ0n) is 26.6. The van der Waals surface area contributed by atoms with Crippen molar-refractivity contribution < 1.29 is 48.4 Å². The van der Waals surface area contributed by atoms with Crippen LogP contribution in [-0.2, 0) is 33.4 Å². The number of carbonyl (C=O) groups excluding carboxylic acids is 4. The number of hydrogen-bond acceptors (Lipinski definition) is 12. The third-order valence-electron chi connectivity index (χ3n) is 7.34. The number of aromatic hydroxyl groups is 1. The van der Waals surface area contributed by atoms with Gasteiger partial charge in [-0.05, 0) is 49.9 Å². The molecule has 1 fully saturated rings. The summed E-state index contributed by atoms with van der Waals surface area (Å²) in [6.07, 6.45) is 7.63. The Kier molecular flexibility index (Phi) is 15.1. The molecule has 2 aliphatic heterocycles. The second kappa shape index (κ2) is 19.2. The van der Waals surface area contributed by atoms with E-state index in [2.05, 4.69) is 20.6 Å². The summed E-state index contributed by atoms with van der Waals surface area (Å²) in [5.41, 5.74) is 5.84. The minimum Gasteiger partial charge on any atom is -0.507 e. The molecular weight excluding hydrogens is 612 g/mol. The number of oxime groups is 1. The second-order valence-corrected chi connectivity index (χ2v) is 11.0. The number of hydrogen-bond donors (Lipinski definition) is 5. The SMILES string of the molecule is CCCC(=O)NC(CCCCN)C(=O)OC1CC(CC=CNC(=O)C=CC=NOC)OC(=O)c2c(O)cccc2C=CC(O)C2OC12. The maximum absolute atomic E-state index is 13.5. The van der Waals surface area contributed by atoms with Gasteiger partial charge in [0.25, 0.3) is 0 Å². The predicted octanol–water partition coefficient (Wildman–Crippen LogP) is 2.00. The number of carbonyl (C=O) groups is 4. The van der Waals surface area contributed by atoms with Gasteiger partial charge in [0.15, 0.2) is 0 Å². The standard InChI is InChI=1S/C33H44N4O10/c1-3-9-28(41)37-23(12-4-5-17-34)32(42)46-26-20-22(11-7-18-35-27(40)14-8-19-36-44-2)45-33(43)29-21(10-6-13-24(29)38)15-16-25(39)30-31(26)47-30/h6-8,10,13-16,18-19,22-23,25-26,30-31,38-39H,3-5,9,11-12,17,20,34H2,1-2H3,(H,35,40)(H,37,41). The number of nitrogens with one attached hydrogen (secondary N) is 2. The van der Waals surface area contributed by atoms with Crippen LogP contribution in [-0.4, -0.2) is 90.4 Å². The van der Waals surface area contributed by atoms with Crippen molar-refractivity contribution in [2.45, 2.75) is 88.4 Å². The van der Waals surface area contributed by atoms with Gasteiger partial charge in [-0.25, -0.2) is 9.59 Å². The fourth-order valence-corrected chi connectivity index (χ4v) is 4.95. The van der Waals surface area contributed by atoms with Crippen molar-refractivity contribution in [2.24, 2.45) is 10.9 Å². The number of rotatable bonds is 15. The molecule has 14 heteroatoms.